The van der Waals surface area contributed by atoms with Gasteiger partial charge in [-0.25, -0.2) is 4.79 Å². The van der Waals surface area contributed by atoms with Crippen LogP contribution in [0.4, 0.5) is 4.79 Å². The van der Waals surface area contributed by atoms with E-state index in [1.165, 1.54) is 0 Å². The SMILES string of the molecule is COc1ccc([C@H](C)NC(=O)c2ccccc2CNC(=O)OC(C)(C)C)c(Br)c1. The Bertz CT molecular complexity index is 877. The zero-order valence-electron chi connectivity index (χ0n) is 17.3. The molecule has 7 heteroatoms. The first kappa shape index (κ1) is 22.7. The molecule has 0 aliphatic rings. The van der Waals surface area contributed by atoms with Crippen LogP contribution in [0.25, 0.3) is 0 Å². The van der Waals surface area contributed by atoms with Gasteiger partial charge in [0.1, 0.15) is 11.4 Å². The Morgan fingerprint density at radius 2 is 1.83 bits per heavy atom. The van der Waals surface area contributed by atoms with Crippen molar-refractivity contribution in [1.82, 2.24) is 10.6 Å². The predicted molar refractivity (Wildman–Crippen MR) is 116 cm³/mol. The van der Waals surface area contributed by atoms with Crippen molar-refractivity contribution in [3.8, 4) is 5.75 Å². The first-order valence-corrected chi connectivity index (χ1v) is 10.1. The molecule has 0 fully saturated rings. The van der Waals surface area contributed by atoms with E-state index in [-0.39, 0.29) is 18.5 Å². The fraction of sp³-hybridized carbons (Fsp3) is 0.364. The smallest absolute Gasteiger partial charge is 0.407 e. The Balaban J connectivity index is 2.08. The number of benzene rings is 2. The van der Waals surface area contributed by atoms with Gasteiger partial charge in [-0.15, -0.1) is 0 Å². The molecule has 0 aromatic heterocycles. The molecule has 0 aliphatic heterocycles. The first-order valence-electron chi connectivity index (χ1n) is 9.30. The molecule has 0 heterocycles. The van der Waals surface area contributed by atoms with Crippen LogP contribution in [0.2, 0.25) is 0 Å². The number of hydrogen-bond acceptors (Lipinski definition) is 4. The summed E-state index contributed by atoms with van der Waals surface area (Å²) in [6.45, 7) is 7.50. The van der Waals surface area contributed by atoms with Gasteiger partial charge < -0.3 is 20.1 Å². The number of nitrogens with one attached hydrogen (secondary N) is 2. The van der Waals surface area contributed by atoms with Crippen LogP contribution in [0.1, 0.15) is 55.2 Å². The second-order valence-electron chi connectivity index (χ2n) is 7.60. The minimum Gasteiger partial charge on any atom is -0.497 e. The van der Waals surface area contributed by atoms with Gasteiger partial charge in [0.05, 0.1) is 13.2 Å². The molecule has 2 amide bonds. The number of halogens is 1. The van der Waals surface area contributed by atoms with Crippen LogP contribution < -0.4 is 15.4 Å². The number of carbonyl (C=O) groups is 2. The van der Waals surface area contributed by atoms with E-state index < -0.39 is 11.7 Å². The van der Waals surface area contributed by atoms with E-state index in [2.05, 4.69) is 26.6 Å². The van der Waals surface area contributed by atoms with E-state index in [1.807, 2.05) is 31.2 Å². The monoisotopic (exact) mass is 462 g/mol. The van der Waals surface area contributed by atoms with Crippen LogP contribution in [0, 0.1) is 0 Å². The lowest BCUT2D eigenvalue weighted by Gasteiger charge is -2.20. The molecular formula is C22H27BrN2O4. The summed E-state index contributed by atoms with van der Waals surface area (Å²) < 4.78 is 11.3. The molecule has 0 radical (unpaired) electrons. The van der Waals surface area contributed by atoms with Gasteiger partial charge in [-0.3, -0.25) is 4.79 Å². The number of rotatable bonds is 6. The molecule has 0 spiro atoms. The first-order chi connectivity index (χ1) is 13.6. The summed E-state index contributed by atoms with van der Waals surface area (Å²) in [4.78, 5) is 24.8. The number of hydrogen-bond donors (Lipinski definition) is 2. The van der Waals surface area contributed by atoms with Crippen molar-refractivity contribution in [1.29, 1.82) is 0 Å². The third-order valence-electron chi connectivity index (χ3n) is 4.11. The highest BCUT2D eigenvalue weighted by atomic mass is 79.9. The third kappa shape index (κ3) is 6.78. The Hall–Kier alpha value is -2.54. The highest BCUT2D eigenvalue weighted by molar-refractivity contribution is 9.10. The van der Waals surface area contributed by atoms with Crippen LogP contribution in [-0.4, -0.2) is 24.7 Å². The molecule has 0 saturated heterocycles. The van der Waals surface area contributed by atoms with Crippen LogP contribution in [0.3, 0.4) is 0 Å². The average Bonchev–Trinajstić information content (AvgIpc) is 2.64. The van der Waals surface area contributed by atoms with Gasteiger partial charge in [-0.05, 0) is 57.0 Å². The molecule has 6 nitrogen and oxygen atoms in total. The van der Waals surface area contributed by atoms with E-state index in [4.69, 9.17) is 9.47 Å². The third-order valence-corrected chi connectivity index (χ3v) is 4.79. The maximum atomic E-state index is 12.9. The minimum atomic E-state index is -0.581. The topological polar surface area (TPSA) is 76.7 Å². The van der Waals surface area contributed by atoms with Crippen molar-refractivity contribution in [2.45, 2.75) is 45.9 Å². The Morgan fingerprint density at radius 3 is 2.45 bits per heavy atom. The normalized spacial score (nSPS) is 12.1. The van der Waals surface area contributed by atoms with Gasteiger partial charge in [0.2, 0.25) is 0 Å². The summed E-state index contributed by atoms with van der Waals surface area (Å²) in [6, 6.07) is 12.5. The molecule has 0 bridgehead atoms. The molecule has 0 saturated carbocycles. The zero-order chi connectivity index (χ0) is 21.6. The molecule has 2 N–H and O–H groups in total. The molecule has 0 aliphatic carbocycles. The summed E-state index contributed by atoms with van der Waals surface area (Å²) in [6.07, 6.45) is -0.525. The fourth-order valence-electron chi connectivity index (χ4n) is 2.72. The van der Waals surface area contributed by atoms with Crippen molar-refractivity contribution in [2.24, 2.45) is 0 Å². The molecule has 156 valence electrons. The molecule has 1 atom stereocenters. The maximum Gasteiger partial charge on any atom is 0.407 e. The molecule has 2 rings (SSSR count). The van der Waals surface area contributed by atoms with Crippen molar-refractivity contribution in [2.75, 3.05) is 7.11 Å². The maximum absolute atomic E-state index is 12.9. The van der Waals surface area contributed by atoms with Crippen molar-refractivity contribution < 1.29 is 19.1 Å². The molecular weight excluding hydrogens is 436 g/mol. The lowest BCUT2D eigenvalue weighted by atomic mass is 10.0. The van der Waals surface area contributed by atoms with Crippen LogP contribution in [0.5, 0.6) is 5.75 Å². The highest BCUT2D eigenvalue weighted by Crippen LogP contribution is 2.28. The Labute approximate surface area is 180 Å². The second kappa shape index (κ2) is 9.78. The standard InChI is InChI=1S/C22H27BrN2O4/c1-14(17-11-10-16(28-5)12-19(17)23)25-20(26)18-9-7-6-8-15(18)13-24-21(27)29-22(2,3)4/h6-12,14H,13H2,1-5H3,(H,24,27)(H,25,26)/t14-/m0/s1. The van der Waals surface area contributed by atoms with Crippen molar-refractivity contribution in [3.05, 3.63) is 63.6 Å². The number of carbonyl (C=O) groups excluding carboxylic acids is 2. The van der Waals surface area contributed by atoms with Gasteiger partial charge in [-0.1, -0.05) is 40.2 Å². The van der Waals surface area contributed by atoms with E-state index in [0.29, 0.717) is 11.1 Å². The Morgan fingerprint density at radius 1 is 1.14 bits per heavy atom. The molecule has 2 aromatic rings. The number of alkyl carbamates (subject to hydrolysis) is 1. The lowest BCUT2D eigenvalue weighted by molar-refractivity contribution is 0.0522. The number of ether oxygens (including phenoxy) is 2. The van der Waals surface area contributed by atoms with Gasteiger partial charge >= 0.3 is 6.09 Å². The number of amides is 2. The Kier molecular flexibility index (Phi) is 7.67. The number of methoxy groups -OCH3 is 1. The van der Waals surface area contributed by atoms with E-state index in [9.17, 15) is 9.59 Å². The van der Waals surface area contributed by atoms with E-state index in [0.717, 1.165) is 15.8 Å². The largest absolute Gasteiger partial charge is 0.497 e. The summed E-state index contributed by atoms with van der Waals surface area (Å²) in [5, 5.41) is 5.70. The predicted octanol–water partition coefficient (Wildman–Crippen LogP) is 4.97. The van der Waals surface area contributed by atoms with Gasteiger partial charge in [0.15, 0.2) is 0 Å². The van der Waals surface area contributed by atoms with E-state index in [1.54, 1.807) is 46.1 Å². The average molecular weight is 463 g/mol. The van der Waals surface area contributed by atoms with Crippen molar-refractivity contribution >= 4 is 27.9 Å². The highest BCUT2D eigenvalue weighted by Gasteiger charge is 2.19. The fourth-order valence-corrected chi connectivity index (χ4v) is 3.42. The molecule has 0 unspecified atom stereocenters. The summed E-state index contributed by atoms with van der Waals surface area (Å²) >= 11 is 3.52. The summed E-state index contributed by atoms with van der Waals surface area (Å²) in [5.41, 5.74) is 1.56. The quantitative estimate of drug-likeness (QED) is 0.634. The zero-order valence-corrected chi connectivity index (χ0v) is 18.9. The van der Waals surface area contributed by atoms with Crippen LogP contribution >= 0.6 is 15.9 Å². The van der Waals surface area contributed by atoms with Gasteiger partial charge in [0, 0.05) is 16.6 Å². The van der Waals surface area contributed by atoms with Gasteiger partial charge in [-0.2, -0.15) is 0 Å². The van der Waals surface area contributed by atoms with Crippen molar-refractivity contribution in [3.63, 3.8) is 0 Å². The molecule has 2 aromatic carbocycles. The van der Waals surface area contributed by atoms with Gasteiger partial charge in [0.25, 0.3) is 5.91 Å². The summed E-state index contributed by atoms with van der Waals surface area (Å²) in [7, 11) is 1.61. The second-order valence-corrected chi connectivity index (χ2v) is 8.45. The molecule has 29 heavy (non-hydrogen) atoms. The lowest BCUT2D eigenvalue weighted by Crippen LogP contribution is -2.33. The summed E-state index contributed by atoms with van der Waals surface area (Å²) in [5.74, 6) is 0.513. The minimum absolute atomic E-state index is 0.194. The van der Waals surface area contributed by atoms with Crippen LogP contribution in [-0.2, 0) is 11.3 Å². The van der Waals surface area contributed by atoms with Crippen LogP contribution in [0.15, 0.2) is 46.9 Å². The van der Waals surface area contributed by atoms with E-state index >= 15 is 0 Å².